The van der Waals surface area contributed by atoms with Crippen LogP contribution in [-0.4, -0.2) is 32.7 Å². The van der Waals surface area contributed by atoms with Crippen molar-refractivity contribution in [2.45, 2.75) is 12.8 Å². The van der Waals surface area contributed by atoms with Crippen LogP contribution in [-0.2, 0) is 9.53 Å². The number of benzene rings is 1. The molecule has 0 bridgehead atoms. The molecule has 5 heteroatoms. The van der Waals surface area contributed by atoms with E-state index >= 15 is 0 Å². The van der Waals surface area contributed by atoms with Gasteiger partial charge in [-0.1, -0.05) is 12.1 Å². The predicted octanol–water partition coefficient (Wildman–Crippen LogP) is 1.54. The smallest absolute Gasteiger partial charge is 0.234 e. The molecule has 0 unspecified atom stereocenters. The number of ether oxygens (including phenoxy) is 1. The molecule has 1 aliphatic rings. The van der Waals surface area contributed by atoms with Crippen molar-refractivity contribution in [2.24, 2.45) is 11.1 Å². The van der Waals surface area contributed by atoms with Crippen molar-refractivity contribution in [1.29, 1.82) is 0 Å². The molecule has 1 aliphatic heterocycles. The zero-order chi connectivity index (χ0) is 13.9. The molecule has 0 aromatic heterocycles. The number of hydrogen-bond acceptors (Lipinski definition) is 3. The highest BCUT2D eigenvalue weighted by atomic mass is 19.1. The van der Waals surface area contributed by atoms with Gasteiger partial charge >= 0.3 is 0 Å². The van der Waals surface area contributed by atoms with Crippen molar-refractivity contribution in [3.05, 3.63) is 30.1 Å². The molecule has 104 valence electrons. The molecule has 1 amide bonds. The summed E-state index contributed by atoms with van der Waals surface area (Å²) in [7, 11) is 1.59. The molecule has 2 N–H and O–H groups in total. The minimum Gasteiger partial charge on any atom is -0.381 e. The van der Waals surface area contributed by atoms with E-state index in [0.29, 0.717) is 26.1 Å². The molecule has 1 saturated heterocycles. The van der Waals surface area contributed by atoms with Gasteiger partial charge in [-0.25, -0.2) is 4.39 Å². The van der Waals surface area contributed by atoms with Gasteiger partial charge < -0.3 is 15.4 Å². The van der Waals surface area contributed by atoms with E-state index in [2.05, 4.69) is 0 Å². The fourth-order valence-corrected chi connectivity index (χ4v) is 2.46. The third kappa shape index (κ3) is 2.62. The van der Waals surface area contributed by atoms with Gasteiger partial charge in [-0.05, 0) is 25.0 Å². The average molecular weight is 266 g/mol. The highest BCUT2D eigenvalue weighted by Crippen LogP contribution is 2.33. The maximum atomic E-state index is 13.7. The molecule has 4 nitrogen and oxygen atoms in total. The Morgan fingerprint density at radius 2 is 2.05 bits per heavy atom. The number of amides is 1. The van der Waals surface area contributed by atoms with Crippen LogP contribution >= 0.6 is 0 Å². The fourth-order valence-electron chi connectivity index (χ4n) is 2.46. The molecule has 0 radical (unpaired) electrons. The second kappa shape index (κ2) is 5.67. The molecule has 2 rings (SSSR count). The predicted molar refractivity (Wildman–Crippen MR) is 71.4 cm³/mol. The first-order chi connectivity index (χ1) is 9.10. The van der Waals surface area contributed by atoms with Gasteiger partial charge in [0.1, 0.15) is 5.82 Å². The molecule has 1 heterocycles. The number of para-hydroxylation sites is 1. The Kier molecular flexibility index (Phi) is 4.17. The molecule has 1 fully saturated rings. The molecular formula is C14H19FN2O2. The van der Waals surface area contributed by atoms with Crippen molar-refractivity contribution >= 4 is 11.6 Å². The van der Waals surface area contributed by atoms with Crippen LogP contribution in [0, 0.1) is 11.2 Å². The summed E-state index contributed by atoms with van der Waals surface area (Å²) in [5.74, 6) is -0.541. The molecule has 0 saturated carbocycles. The zero-order valence-corrected chi connectivity index (χ0v) is 11.1. The van der Waals surface area contributed by atoms with Crippen LogP contribution in [0.4, 0.5) is 10.1 Å². The number of carbonyl (C=O) groups excluding carboxylic acids is 1. The lowest BCUT2D eigenvalue weighted by Crippen LogP contribution is -2.50. The number of rotatable bonds is 3. The number of carbonyl (C=O) groups is 1. The van der Waals surface area contributed by atoms with Crippen LogP contribution in [0.3, 0.4) is 0 Å². The van der Waals surface area contributed by atoms with E-state index in [1.54, 1.807) is 25.2 Å². The molecule has 19 heavy (non-hydrogen) atoms. The lowest BCUT2D eigenvalue weighted by molar-refractivity contribution is -0.132. The van der Waals surface area contributed by atoms with E-state index in [0.717, 1.165) is 0 Å². The monoisotopic (exact) mass is 266 g/mol. The minimum atomic E-state index is -0.630. The lowest BCUT2D eigenvalue weighted by atomic mass is 9.79. The summed E-state index contributed by atoms with van der Waals surface area (Å²) in [6, 6.07) is 6.25. The Bertz CT molecular complexity index is 459. The van der Waals surface area contributed by atoms with Gasteiger partial charge in [-0.3, -0.25) is 4.79 Å². The van der Waals surface area contributed by atoms with Gasteiger partial charge in [0.2, 0.25) is 5.91 Å². The van der Waals surface area contributed by atoms with Crippen LogP contribution in [0.15, 0.2) is 24.3 Å². The Balaban J connectivity index is 2.25. The normalized spacial score (nSPS) is 18.1. The molecule has 0 atom stereocenters. The van der Waals surface area contributed by atoms with Gasteiger partial charge in [0, 0.05) is 26.8 Å². The highest BCUT2D eigenvalue weighted by Gasteiger charge is 2.41. The molecule has 0 aliphatic carbocycles. The van der Waals surface area contributed by atoms with Crippen LogP contribution < -0.4 is 10.6 Å². The van der Waals surface area contributed by atoms with E-state index in [1.165, 1.54) is 11.0 Å². The summed E-state index contributed by atoms with van der Waals surface area (Å²) < 4.78 is 19.0. The maximum absolute atomic E-state index is 13.7. The maximum Gasteiger partial charge on any atom is 0.234 e. The Labute approximate surface area is 112 Å². The first-order valence-corrected chi connectivity index (χ1v) is 6.41. The van der Waals surface area contributed by atoms with Gasteiger partial charge in [0.15, 0.2) is 0 Å². The number of halogens is 1. The largest absolute Gasteiger partial charge is 0.381 e. The van der Waals surface area contributed by atoms with Crippen LogP contribution in [0.5, 0.6) is 0 Å². The summed E-state index contributed by atoms with van der Waals surface area (Å²) in [5.41, 5.74) is 5.45. The summed E-state index contributed by atoms with van der Waals surface area (Å²) >= 11 is 0. The quantitative estimate of drug-likeness (QED) is 0.903. The molecule has 0 spiro atoms. The van der Waals surface area contributed by atoms with Crippen LogP contribution in [0.2, 0.25) is 0 Å². The van der Waals surface area contributed by atoms with Gasteiger partial charge in [0.25, 0.3) is 0 Å². The van der Waals surface area contributed by atoms with Crippen molar-refractivity contribution < 1.29 is 13.9 Å². The van der Waals surface area contributed by atoms with E-state index in [4.69, 9.17) is 10.5 Å². The van der Waals surface area contributed by atoms with Gasteiger partial charge in [-0.2, -0.15) is 0 Å². The third-order valence-corrected chi connectivity index (χ3v) is 3.81. The Morgan fingerprint density at radius 3 is 2.63 bits per heavy atom. The second-order valence-electron chi connectivity index (χ2n) is 4.91. The van der Waals surface area contributed by atoms with Gasteiger partial charge in [0.05, 0.1) is 11.1 Å². The van der Waals surface area contributed by atoms with Crippen molar-refractivity contribution in [2.75, 3.05) is 31.7 Å². The summed E-state index contributed by atoms with van der Waals surface area (Å²) in [6.45, 7) is 1.30. The topological polar surface area (TPSA) is 55.6 Å². The van der Waals surface area contributed by atoms with E-state index in [9.17, 15) is 9.18 Å². The summed E-state index contributed by atoms with van der Waals surface area (Å²) in [4.78, 5) is 14.0. The summed E-state index contributed by atoms with van der Waals surface area (Å²) in [5, 5.41) is 0. The lowest BCUT2D eigenvalue weighted by Gasteiger charge is -2.37. The van der Waals surface area contributed by atoms with Crippen LogP contribution in [0.25, 0.3) is 0 Å². The van der Waals surface area contributed by atoms with Crippen molar-refractivity contribution in [1.82, 2.24) is 0 Å². The molecular weight excluding hydrogens is 247 g/mol. The van der Waals surface area contributed by atoms with Crippen LogP contribution in [0.1, 0.15) is 12.8 Å². The van der Waals surface area contributed by atoms with Crippen molar-refractivity contribution in [3.63, 3.8) is 0 Å². The van der Waals surface area contributed by atoms with Gasteiger partial charge in [-0.15, -0.1) is 0 Å². The van der Waals surface area contributed by atoms with E-state index in [-0.39, 0.29) is 18.1 Å². The molecule has 1 aromatic carbocycles. The number of anilines is 1. The zero-order valence-electron chi connectivity index (χ0n) is 11.1. The number of nitrogens with zero attached hydrogens (tertiary/aromatic N) is 1. The SMILES string of the molecule is CN(C(=O)C1(CN)CCOCC1)c1ccccc1F. The Morgan fingerprint density at radius 1 is 1.42 bits per heavy atom. The van der Waals surface area contributed by atoms with E-state index < -0.39 is 11.2 Å². The average Bonchev–Trinajstić information content (AvgIpc) is 2.47. The first kappa shape index (κ1) is 14.0. The number of nitrogens with two attached hydrogens (primary N) is 1. The standard InChI is InChI=1S/C14H19FN2O2/c1-17(12-5-3-2-4-11(12)15)13(18)14(10-16)6-8-19-9-7-14/h2-5H,6-10,16H2,1H3. The summed E-state index contributed by atoms with van der Waals surface area (Å²) in [6.07, 6.45) is 1.17. The second-order valence-corrected chi connectivity index (χ2v) is 4.91. The Hall–Kier alpha value is -1.46. The number of hydrogen-bond donors (Lipinski definition) is 1. The highest BCUT2D eigenvalue weighted by molar-refractivity contribution is 5.97. The van der Waals surface area contributed by atoms with E-state index in [1.807, 2.05) is 0 Å². The minimum absolute atomic E-state index is 0.136. The first-order valence-electron chi connectivity index (χ1n) is 6.41. The van der Waals surface area contributed by atoms with Crippen molar-refractivity contribution in [3.8, 4) is 0 Å². The molecule has 1 aromatic rings. The fraction of sp³-hybridized carbons (Fsp3) is 0.500. The third-order valence-electron chi connectivity index (χ3n) is 3.81.